The normalized spacial score (nSPS) is 18.1. The number of hydrogen-bond donors (Lipinski definition) is 3. The van der Waals surface area contributed by atoms with Gasteiger partial charge in [0.05, 0.1) is 16.0 Å². The highest BCUT2D eigenvalue weighted by atomic mass is 35.5. The fraction of sp³-hybridized carbons (Fsp3) is 0.364. The van der Waals surface area contributed by atoms with Crippen molar-refractivity contribution in [3.8, 4) is 0 Å². The van der Waals surface area contributed by atoms with Crippen LogP contribution in [0.5, 0.6) is 0 Å². The van der Waals surface area contributed by atoms with Crippen LogP contribution in [-0.4, -0.2) is 40.0 Å². The second-order valence-electron chi connectivity index (χ2n) is 4.45. The van der Waals surface area contributed by atoms with E-state index in [4.69, 9.17) is 17.4 Å². The number of rotatable bonds is 3. The van der Waals surface area contributed by atoms with E-state index in [9.17, 15) is 20.0 Å². The van der Waals surface area contributed by atoms with E-state index in [-0.39, 0.29) is 28.5 Å². The van der Waals surface area contributed by atoms with Gasteiger partial charge in [-0.2, -0.15) is 0 Å². The Morgan fingerprint density at radius 3 is 2.80 bits per heavy atom. The van der Waals surface area contributed by atoms with Crippen molar-refractivity contribution in [2.24, 2.45) is 5.84 Å². The first kappa shape index (κ1) is 14.5. The first-order valence-electron chi connectivity index (χ1n) is 5.86. The number of carbonyl (C=O) groups is 1. The number of halogens is 1. The molecule has 20 heavy (non-hydrogen) atoms. The summed E-state index contributed by atoms with van der Waals surface area (Å²) in [6, 6.07) is 2.44. The molecule has 0 radical (unpaired) electrons. The van der Waals surface area contributed by atoms with Crippen molar-refractivity contribution >= 4 is 28.9 Å². The molecule has 1 unspecified atom stereocenters. The van der Waals surface area contributed by atoms with E-state index in [2.05, 4.69) is 5.43 Å². The number of nitro benzene ring substituents is 1. The van der Waals surface area contributed by atoms with Gasteiger partial charge in [-0.15, -0.1) is 0 Å². The molecule has 0 saturated carbocycles. The summed E-state index contributed by atoms with van der Waals surface area (Å²) in [5.74, 6) is 4.78. The zero-order valence-corrected chi connectivity index (χ0v) is 11.1. The lowest BCUT2D eigenvalue weighted by atomic mass is 10.1. The molecule has 0 aromatic heterocycles. The maximum absolute atomic E-state index is 12.2. The fourth-order valence-electron chi connectivity index (χ4n) is 2.11. The number of hydrazine groups is 1. The number of β-amino-alcohol motifs (C(OH)–C–C–N with tert-alkyl or cyclic N) is 1. The quantitative estimate of drug-likeness (QED) is 0.430. The second-order valence-corrected chi connectivity index (χ2v) is 4.85. The Bertz CT molecular complexity index is 566. The fourth-order valence-corrected chi connectivity index (χ4v) is 2.38. The highest BCUT2D eigenvalue weighted by molar-refractivity contribution is 6.34. The number of nitrogens with two attached hydrogens (primary N) is 1. The van der Waals surface area contributed by atoms with Crippen LogP contribution in [0.1, 0.15) is 16.8 Å². The number of carbonyl (C=O) groups excluding carboxylic acids is 1. The third kappa shape index (κ3) is 2.67. The predicted molar refractivity (Wildman–Crippen MR) is 72.4 cm³/mol. The van der Waals surface area contributed by atoms with Crippen LogP contribution in [0.15, 0.2) is 12.1 Å². The molecule has 0 spiro atoms. The van der Waals surface area contributed by atoms with Gasteiger partial charge in [-0.3, -0.25) is 20.8 Å². The SMILES string of the molecule is NNc1c(Cl)cc(C(=O)N2CCC(O)C2)cc1[N+](=O)[O-]. The number of benzene rings is 1. The number of hydrogen-bond acceptors (Lipinski definition) is 6. The Kier molecular flexibility index (Phi) is 4.07. The Morgan fingerprint density at radius 2 is 2.30 bits per heavy atom. The number of nitrogens with one attached hydrogen (secondary N) is 1. The molecular formula is C11H13ClN4O4. The van der Waals surface area contributed by atoms with Crippen LogP contribution >= 0.6 is 11.6 Å². The molecule has 1 aliphatic rings. The van der Waals surface area contributed by atoms with Crippen LogP contribution in [0.25, 0.3) is 0 Å². The van der Waals surface area contributed by atoms with Crippen LogP contribution in [0.4, 0.5) is 11.4 Å². The molecule has 1 aromatic rings. The van der Waals surface area contributed by atoms with Gasteiger partial charge in [0, 0.05) is 24.7 Å². The lowest BCUT2D eigenvalue weighted by Crippen LogP contribution is -2.29. The Balaban J connectivity index is 2.37. The van der Waals surface area contributed by atoms with Crippen molar-refractivity contribution in [3.63, 3.8) is 0 Å². The van der Waals surface area contributed by atoms with Crippen molar-refractivity contribution in [3.05, 3.63) is 32.8 Å². The molecular weight excluding hydrogens is 288 g/mol. The van der Waals surface area contributed by atoms with Crippen molar-refractivity contribution in [2.45, 2.75) is 12.5 Å². The molecule has 1 fully saturated rings. The summed E-state index contributed by atoms with van der Waals surface area (Å²) in [5.41, 5.74) is 1.82. The van der Waals surface area contributed by atoms with Gasteiger partial charge in [0.25, 0.3) is 11.6 Å². The average molecular weight is 301 g/mol. The van der Waals surface area contributed by atoms with Gasteiger partial charge < -0.3 is 15.4 Å². The Labute approximate surface area is 119 Å². The molecule has 0 aliphatic carbocycles. The van der Waals surface area contributed by atoms with Crippen LogP contribution in [-0.2, 0) is 0 Å². The van der Waals surface area contributed by atoms with Crippen molar-refractivity contribution in [1.29, 1.82) is 0 Å². The molecule has 1 heterocycles. The molecule has 9 heteroatoms. The third-order valence-electron chi connectivity index (χ3n) is 3.11. The minimum atomic E-state index is -0.670. The van der Waals surface area contributed by atoms with Gasteiger partial charge in [0.15, 0.2) is 0 Å². The van der Waals surface area contributed by atoms with E-state index in [0.29, 0.717) is 13.0 Å². The van der Waals surface area contributed by atoms with Crippen LogP contribution in [0.2, 0.25) is 5.02 Å². The molecule has 108 valence electrons. The topological polar surface area (TPSA) is 122 Å². The maximum atomic E-state index is 12.2. The average Bonchev–Trinajstić information content (AvgIpc) is 2.83. The summed E-state index contributed by atoms with van der Waals surface area (Å²) in [4.78, 5) is 23.9. The van der Waals surface area contributed by atoms with E-state index in [1.165, 1.54) is 11.0 Å². The summed E-state index contributed by atoms with van der Waals surface area (Å²) in [5, 5.41) is 20.4. The van der Waals surface area contributed by atoms with E-state index >= 15 is 0 Å². The van der Waals surface area contributed by atoms with Crippen LogP contribution < -0.4 is 11.3 Å². The van der Waals surface area contributed by atoms with Gasteiger partial charge in [-0.05, 0) is 12.5 Å². The van der Waals surface area contributed by atoms with Crippen molar-refractivity contribution < 1.29 is 14.8 Å². The first-order valence-corrected chi connectivity index (χ1v) is 6.23. The number of aliphatic hydroxyl groups excluding tert-OH is 1. The lowest BCUT2D eigenvalue weighted by molar-refractivity contribution is -0.384. The molecule has 1 atom stereocenters. The van der Waals surface area contributed by atoms with Crippen LogP contribution in [0.3, 0.4) is 0 Å². The van der Waals surface area contributed by atoms with Crippen molar-refractivity contribution in [2.75, 3.05) is 18.5 Å². The van der Waals surface area contributed by atoms with Gasteiger partial charge in [-0.1, -0.05) is 11.6 Å². The van der Waals surface area contributed by atoms with E-state index in [1.807, 2.05) is 0 Å². The number of aliphatic hydroxyl groups is 1. The van der Waals surface area contributed by atoms with Gasteiger partial charge >= 0.3 is 0 Å². The molecule has 1 saturated heterocycles. The number of nitro groups is 1. The third-order valence-corrected chi connectivity index (χ3v) is 3.41. The minimum absolute atomic E-state index is 0.00945. The van der Waals surface area contributed by atoms with E-state index < -0.39 is 16.9 Å². The number of anilines is 1. The summed E-state index contributed by atoms with van der Waals surface area (Å²) >= 11 is 5.89. The van der Waals surface area contributed by atoms with E-state index in [1.54, 1.807) is 0 Å². The molecule has 1 aliphatic heterocycles. The lowest BCUT2D eigenvalue weighted by Gasteiger charge is -2.16. The maximum Gasteiger partial charge on any atom is 0.295 e. The summed E-state index contributed by atoms with van der Waals surface area (Å²) in [6.45, 7) is 0.615. The largest absolute Gasteiger partial charge is 0.391 e. The van der Waals surface area contributed by atoms with Crippen LogP contribution in [0, 0.1) is 10.1 Å². The summed E-state index contributed by atoms with van der Waals surface area (Å²) in [7, 11) is 0. The van der Waals surface area contributed by atoms with Gasteiger partial charge in [-0.25, -0.2) is 0 Å². The van der Waals surface area contributed by atoms with E-state index in [0.717, 1.165) is 6.07 Å². The summed E-state index contributed by atoms with van der Waals surface area (Å²) < 4.78 is 0. The minimum Gasteiger partial charge on any atom is -0.391 e. The highest BCUT2D eigenvalue weighted by Crippen LogP contribution is 2.33. The Hall–Kier alpha value is -1.90. The second kappa shape index (κ2) is 5.61. The van der Waals surface area contributed by atoms with Crippen molar-refractivity contribution in [1.82, 2.24) is 4.90 Å². The number of likely N-dealkylation sites (tertiary alicyclic amines) is 1. The first-order chi connectivity index (χ1) is 9.43. The van der Waals surface area contributed by atoms with Gasteiger partial charge in [0.2, 0.25) is 0 Å². The number of nitrogens with zero attached hydrogens (tertiary/aromatic N) is 2. The number of amides is 1. The number of nitrogen functional groups attached to an aromatic ring is 1. The smallest absolute Gasteiger partial charge is 0.295 e. The van der Waals surface area contributed by atoms with Gasteiger partial charge in [0.1, 0.15) is 5.69 Å². The molecule has 0 bridgehead atoms. The molecule has 2 rings (SSSR count). The zero-order chi connectivity index (χ0) is 14.9. The molecule has 1 amide bonds. The summed E-state index contributed by atoms with van der Waals surface area (Å²) in [6.07, 6.45) is -0.0707. The molecule has 1 aromatic carbocycles. The molecule has 8 nitrogen and oxygen atoms in total. The zero-order valence-electron chi connectivity index (χ0n) is 10.4. The predicted octanol–water partition coefficient (Wildman–Crippen LogP) is 0.741. The monoisotopic (exact) mass is 300 g/mol. The standard InChI is InChI=1S/C11H13ClN4O4/c12-8-3-6(4-9(16(19)20)10(8)14-13)11(18)15-2-1-7(17)5-15/h3-4,7,14,17H,1-2,5,13H2. The highest BCUT2D eigenvalue weighted by Gasteiger charge is 2.28. The molecule has 4 N–H and O–H groups in total. The Morgan fingerprint density at radius 1 is 1.60 bits per heavy atom.